The van der Waals surface area contributed by atoms with Crippen molar-refractivity contribution in [3.63, 3.8) is 0 Å². The van der Waals surface area contributed by atoms with Crippen LogP contribution in [-0.4, -0.2) is 24.6 Å². The van der Waals surface area contributed by atoms with E-state index in [4.69, 9.17) is 9.47 Å². The summed E-state index contributed by atoms with van der Waals surface area (Å²) in [6.45, 7) is 0.538. The van der Waals surface area contributed by atoms with E-state index in [-0.39, 0.29) is 6.04 Å². The Morgan fingerprint density at radius 2 is 1.83 bits per heavy atom. The standard InChI is InChI=1S/C19H16N2O2/c1-22-18-11-16(20-15-10-6-5-9-14(15)18)19-21-17(12-23-19)13-7-3-2-4-8-13/h2-11,17H,12H2,1H3/t17-/m0/s1. The maximum Gasteiger partial charge on any atom is 0.236 e. The molecule has 0 saturated carbocycles. The first-order valence-corrected chi connectivity index (χ1v) is 7.55. The first kappa shape index (κ1) is 13.8. The Kier molecular flexibility index (Phi) is 3.42. The topological polar surface area (TPSA) is 43.7 Å². The summed E-state index contributed by atoms with van der Waals surface area (Å²) in [5.74, 6) is 1.35. The SMILES string of the molecule is COc1cc(C2=N[C@H](c3ccccc3)CO2)nc2ccccc12. The first-order valence-electron chi connectivity index (χ1n) is 7.55. The van der Waals surface area contributed by atoms with Crippen molar-refractivity contribution in [3.05, 3.63) is 71.9 Å². The van der Waals surface area contributed by atoms with Crippen molar-refractivity contribution < 1.29 is 9.47 Å². The summed E-state index contributed by atoms with van der Waals surface area (Å²) in [4.78, 5) is 9.35. The van der Waals surface area contributed by atoms with Gasteiger partial charge in [-0.15, -0.1) is 0 Å². The first-order chi connectivity index (χ1) is 11.3. The smallest absolute Gasteiger partial charge is 0.236 e. The van der Waals surface area contributed by atoms with Crippen LogP contribution in [0.15, 0.2) is 65.7 Å². The molecule has 1 aliphatic heterocycles. The summed E-state index contributed by atoms with van der Waals surface area (Å²) < 4.78 is 11.3. The molecule has 1 aromatic heterocycles. The number of pyridine rings is 1. The molecule has 114 valence electrons. The van der Waals surface area contributed by atoms with Gasteiger partial charge in [0, 0.05) is 11.5 Å². The molecule has 3 aromatic rings. The van der Waals surface area contributed by atoms with Crippen LogP contribution in [0, 0.1) is 0 Å². The van der Waals surface area contributed by atoms with Crippen LogP contribution >= 0.6 is 0 Å². The van der Waals surface area contributed by atoms with E-state index in [2.05, 4.69) is 22.1 Å². The van der Waals surface area contributed by atoms with Gasteiger partial charge < -0.3 is 9.47 Å². The molecule has 1 atom stereocenters. The zero-order chi connectivity index (χ0) is 15.6. The number of benzene rings is 2. The van der Waals surface area contributed by atoms with Gasteiger partial charge in [-0.05, 0) is 17.7 Å². The monoisotopic (exact) mass is 304 g/mol. The van der Waals surface area contributed by atoms with Crippen molar-refractivity contribution in [1.82, 2.24) is 4.98 Å². The molecule has 2 heterocycles. The number of aliphatic imine (C=N–C) groups is 1. The van der Waals surface area contributed by atoms with Crippen LogP contribution < -0.4 is 4.74 Å². The van der Waals surface area contributed by atoms with Crippen LogP contribution in [0.25, 0.3) is 10.9 Å². The minimum atomic E-state index is 0.0189. The Bertz CT molecular complexity index is 875. The van der Waals surface area contributed by atoms with Crippen LogP contribution in [0.5, 0.6) is 5.75 Å². The summed E-state index contributed by atoms with van der Waals surface area (Å²) in [5.41, 5.74) is 2.73. The predicted octanol–water partition coefficient (Wildman–Crippen LogP) is 3.76. The molecule has 0 bridgehead atoms. The van der Waals surface area contributed by atoms with Crippen molar-refractivity contribution in [2.24, 2.45) is 4.99 Å². The van der Waals surface area contributed by atoms with Gasteiger partial charge in [0.15, 0.2) is 0 Å². The molecule has 0 spiro atoms. The zero-order valence-corrected chi connectivity index (χ0v) is 12.8. The molecule has 0 fully saturated rings. The van der Waals surface area contributed by atoms with Crippen molar-refractivity contribution in [1.29, 1.82) is 0 Å². The lowest BCUT2D eigenvalue weighted by Crippen LogP contribution is -2.05. The number of para-hydroxylation sites is 1. The largest absolute Gasteiger partial charge is 0.496 e. The van der Waals surface area contributed by atoms with Gasteiger partial charge in [0.05, 0.1) is 12.6 Å². The highest BCUT2D eigenvalue weighted by Gasteiger charge is 2.23. The second kappa shape index (κ2) is 5.72. The third-order valence-electron chi connectivity index (χ3n) is 3.95. The molecule has 0 radical (unpaired) electrons. The number of nitrogens with zero attached hydrogens (tertiary/aromatic N) is 2. The fraction of sp³-hybridized carbons (Fsp3) is 0.158. The third-order valence-corrected chi connectivity index (χ3v) is 3.95. The molecule has 4 rings (SSSR count). The lowest BCUT2D eigenvalue weighted by molar-refractivity contribution is 0.319. The number of fused-ring (bicyclic) bond motifs is 1. The number of ether oxygens (including phenoxy) is 2. The number of rotatable bonds is 3. The Labute approximate surface area is 134 Å². The van der Waals surface area contributed by atoms with E-state index < -0.39 is 0 Å². The van der Waals surface area contributed by atoms with Crippen LogP contribution in [0.3, 0.4) is 0 Å². The third kappa shape index (κ3) is 2.52. The van der Waals surface area contributed by atoms with Crippen molar-refractivity contribution in [3.8, 4) is 5.75 Å². The molecular formula is C19H16N2O2. The Hall–Kier alpha value is -2.88. The van der Waals surface area contributed by atoms with Gasteiger partial charge in [0.1, 0.15) is 24.1 Å². The molecular weight excluding hydrogens is 288 g/mol. The molecule has 2 aromatic carbocycles. The molecule has 23 heavy (non-hydrogen) atoms. The molecule has 0 saturated heterocycles. The number of hydrogen-bond acceptors (Lipinski definition) is 4. The Morgan fingerprint density at radius 1 is 1.04 bits per heavy atom. The van der Waals surface area contributed by atoms with E-state index in [9.17, 15) is 0 Å². The summed E-state index contributed by atoms with van der Waals surface area (Å²) in [6, 6.07) is 20.0. The highest BCUT2D eigenvalue weighted by atomic mass is 16.5. The van der Waals surface area contributed by atoms with E-state index in [1.165, 1.54) is 0 Å². The highest BCUT2D eigenvalue weighted by Crippen LogP contribution is 2.29. The lowest BCUT2D eigenvalue weighted by atomic mass is 10.1. The van der Waals surface area contributed by atoms with Crippen LogP contribution in [0.2, 0.25) is 0 Å². The quantitative estimate of drug-likeness (QED) is 0.740. The molecule has 0 aliphatic carbocycles. The second-order valence-corrected chi connectivity index (χ2v) is 5.40. The van der Waals surface area contributed by atoms with Gasteiger partial charge in [-0.1, -0.05) is 42.5 Å². The van der Waals surface area contributed by atoms with Crippen LogP contribution in [0.1, 0.15) is 17.3 Å². The minimum absolute atomic E-state index is 0.0189. The highest BCUT2D eigenvalue weighted by molar-refractivity contribution is 5.97. The fourth-order valence-electron chi connectivity index (χ4n) is 2.78. The van der Waals surface area contributed by atoms with Crippen molar-refractivity contribution >= 4 is 16.8 Å². The summed E-state index contributed by atoms with van der Waals surface area (Å²) in [6.07, 6.45) is 0. The molecule has 0 amide bonds. The van der Waals surface area contributed by atoms with E-state index in [1.807, 2.05) is 48.5 Å². The van der Waals surface area contributed by atoms with Crippen molar-refractivity contribution in [2.75, 3.05) is 13.7 Å². The minimum Gasteiger partial charge on any atom is -0.496 e. The van der Waals surface area contributed by atoms with E-state index in [1.54, 1.807) is 7.11 Å². The fourth-order valence-corrected chi connectivity index (χ4v) is 2.78. The number of aromatic nitrogens is 1. The van der Waals surface area contributed by atoms with Gasteiger partial charge in [0.25, 0.3) is 0 Å². The number of hydrogen-bond donors (Lipinski definition) is 0. The summed E-state index contributed by atoms with van der Waals surface area (Å²) in [7, 11) is 1.66. The maximum atomic E-state index is 5.79. The Morgan fingerprint density at radius 3 is 2.65 bits per heavy atom. The normalized spacial score (nSPS) is 16.9. The van der Waals surface area contributed by atoms with Crippen molar-refractivity contribution in [2.45, 2.75) is 6.04 Å². The summed E-state index contributed by atoms with van der Waals surface area (Å²) >= 11 is 0. The number of methoxy groups -OCH3 is 1. The average Bonchev–Trinajstić information content (AvgIpc) is 3.11. The van der Waals surface area contributed by atoms with Crippen LogP contribution in [0.4, 0.5) is 0 Å². The molecule has 0 N–H and O–H groups in total. The molecule has 4 nitrogen and oxygen atoms in total. The van der Waals surface area contributed by atoms with Gasteiger partial charge in [-0.25, -0.2) is 9.98 Å². The predicted molar refractivity (Wildman–Crippen MR) is 90.0 cm³/mol. The van der Waals surface area contributed by atoms with E-state index >= 15 is 0 Å². The second-order valence-electron chi connectivity index (χ2n) is 5.40. The van der Waals surface area contributed by atoms with Gasteiger partial charge in [0.2, 0.25) is 5.90 Å². The van der Waals surface area contributed by atoms with Gasteiger partial charge >= 0.3 is 0 Å². The zero-order valence-electron chi connectivity index (χ0n) is 12.8. The maximum absolute atomic E-state index is 5.79. The van der Waals surface area contributed by atoms with Gasteiger partial charge in [-0.3, -0.25) is 0 Å². The summed E-state index contributed by atoms with van der Waals surface area (Å²) in [5, 5.41) is 0.983. The van der Waals surface area contributed by atoms with Crippen LogP contribution in [-0.2, 0) is 4.74 Å². The van der Waals surface area contributed by atoms with E-state index in [0.717, 1.165) is 22.2 Å². The van der Waals surface area contributed by atoms with E-state index in [0.29, 0.717) is 18.2 Å². The van der Waals surface area contributed by atoms with Gasteiger partial charge in [-0.2, -0.15) is 0 Å². The Balaban J connectivity index is 1.75. The lowest BCUT2D eigenvalue weighted by Gasteiger charge is -2.08. The molecule has 4 heteroatoms. The average molecular weight is 304 g/mol. The molecule has 1 aliphatic rings. The molecule has 0 unspecified atom stereocenters.